The highest BCUT2D eigenvalue weighted by molar-refractivity contribution is 6.50. The molecule has 1 nitrogen and oxygen atoms in total. The first-order valence-corrected chi connectivity index (χ1v) is 4.88. The topological polar surface area (TPSA) is 9.23 Å². The largest absolute Gasteiger partial charge is 0.431 e. The number of rotatable bonds is 3. The van der Waals surface area contributed by atoms with E-state index in [-0.39, 0.29) is 11.0 Å². The van der Waals surface area contributed by atoms with Crippen molar-refractivity contribution in [2.45, 2.75) is 60.3 Å². The highest BCUT2D eigenvalue weighted by atomic mass is 16.5. The molecule has 0 unspecified atom stereocenters. The third-order valence-electron chi connectivity index (χ3n) is 2.88. The van der Waals surface area contributed by atoms with Gasteiger partial charge >= 0.3 is 0 Å². The maximum atomic E-state index is 5.95. The summed E-state index contributed by atoms with van der Waals surface area (Å²) in [6, 6.07) is 0. The van der Waals surface area contributed by atoms with Gasteiger partial charge in [0, 0.05) is 0 Å². The Kier molecular flexibility index (Phi) is 3.83. The van der Waals surface area contributed by atoms with Crippen LogP contribution in [-0.4, -0.2) is 12.5 Å². The van der Waals surface area contributed by atoms with Crippen LogP contribution in [-0.2, 0) is 4.65 Å². The van der Waals surface area contributed by atoms with Crippen LogP contribution in [0.3, 0.4) is 0 Å². The van der Waals surface area contributed by atoms with Crippen LogP contribution >= 0.6 is 0 Å². The van der Waals surface area contributed by atoms with Crippen molar-refractivity contribution >= 4 is 6.92 Å². The van der Waals surface area contributed by atoms with Crippen molar-refractivity contribution in [3.8, 4) is 0 Å². The molecule has 2 heteroatoms. The summed E-state index contributed by atoms with van der Waals surface area (Å²) in [6.07, 6.45) is 1.08. The Morgan fingerprint density at radius 2 is 1.50 bits per heavy atom. The molecule has 0 radical (unpaired) electrons. The summed E-state index contributed by atoms with van der Waals surface area (Å²) < 4.78 is 5.95. The Balaban J connectivity index is 4.22. The average Bonchev–Trinajstić information content (AvgIpc) is 1.84. The van der Waals surface area contributed by atoms with Gasteiger partial charge < -0.3 is 4.65 Å². The summed E-state index contributed by atoms with van der Waals surface area (Å²) in [5, 5.41) is 0. The van der Waals surface area contributed by atoms with Crippen LogP contribution < -0.4 is 0 Å². The molecule has 0 saturated carbocycles. The van der Waals surface area contributed by atoms with E-state index in [4.69, 9.17) is 4.65 Å². The minimum Gasteiger partial charge on any atom is -0.431 e. The molecule has 0 N–H and O–H groups in total. The van der Waals surface area contributed by atoms with Crippen molar-refractivity contribution in [1.29, 1.82) is 0 Å². The standard InChI is InChI=1S/C10H23BO/c1-8-11(7)12-10(5,6)9(2,3)4/h8H2,1-7H3. The molecule has 0 rings (SSSR count). The zero-order chi connectivity index (χ0) is 9.99. The van der Waals surface area contributed by atoms with Crippen molar-refractivity contribution in [1.82, 2.24) is 0 Å². The molecule has 0 aliphatic heterocycles. The molecule has 0 aliphatic carbocycles. The van der Waals surface area contributed by atoms with Gasteiger partial charge in [0.05, 0.1) is 5.60 Å². The van der Waals surface area contributed by atoms with Crippen molar-refractivity contribution in [3.05, 3.63) is 0 Å². The molecule has 0 aliphatic rings. The van der Waals surface area contributed by atoms with Crippen LogP contribution in [0, 0.1) is 5.41 Å². The smallest absolute Gasteiger partial charge is 0.290 e. The second-order valence-electron chi connectivity index (χ2n) is 5.10. The van der Waals surface area contributed by atoms with E-state index in [0.717, 1.165) is 6.32 Å². The van der Waals surface area contributed by atoms with Gasteiger partial charge in [-0.25, -0.2) is 0 Å². The molecule has 0 amide bonds. The zero-order valence-electron chi connectivity index (χ0n) is 9.69. The van der Waals surface area contributed by atoms with E-state index in [2.05, 4.69) is 48.4 Å². The van der Waals surface area contributed by atoms with Crippen LogP contribution in [0.15, 0.2) is 0 Å². The molecule has 0 aromatic rings. The second-order valence-corrected chi connectivity index (χ2v) is 5.10. The third kappa shape index (κ3) is 3.18. The van der Waals surface area contributed by atoms with Crippen LogP contribution in [0.4, 0.5) is 0 Å². The summed E-state index contributed by atoms with van der Waals surface area (Å²) in [5.41, 5.74) is 0.166. The predicted octanol–water partition coefficient (Wildman–Crippen LogP) is 3.47. The summed E-state index contributed by atoms with van der Waals surface area (Å²) in [7, 11) is 0. The zero-order valence-corrected chi connectivity index (χ0v) is 9.69. The number of hydrogen-bond donors (Lipinski definition) is 0. The van der Waals surface area contributed by atoms with E-state index in [1.165, 1.54) is 0 Å². The highest BCUT2D eigenvalue weighted by Gasteiger charge is 2.34. The van der Waals surface area contributed by atoms with Gasteiger partial charge in [0.2, 0.25) is 0 Å². The fourth-order valence-electron chi connectivity index (χ4n) is 0.763. The van der Waals surface area contributed by atoms with Gasteiger partial charge in [0.1, 0.15) is 0 Å². The van der Waals surface area contributed by atoms with E-state index < -0.39 is 0 Å². The molecule has 0 atom stereocenters. The molecular weight excluding hydrogens is 147 g/mol. The Bertz CT molecular complexity index is 135. The lowest BCUT2D eigenvalue weighted by Crippen LogP contribution is -2.43. The summed E-state index contributed by atoms with van der Waals surface area (Å²) in [5.74, 6) is 0. The first kappa shape index (κ1) is 12.0. The Morgan fingerprint density at radius 3 is 1.75 bits per heavy atom. The van der Waals surface area contributed by atoms with Crippen LogP contribution in [0.5, 0.6) is 0 Å². The monoisotopic (exact) mass is 170 g/mol. The van der Waals surface area contributed by atoms with Crippen LogP contribution in [0.2, 0.25) is 13.1 Å². The summed E-state index contributed by atoms with van der Waals surface area (Å²) >= 11 is 0. The molecule has 12 heavy (non-hydrogen) atoms. The van der Waals surface area contributed by atoms with E-state index in [1.807, 2.05) is 0 Å². The van der Waals surface area contributed by atoms with E-state index >= 15 is 0 Å². The second kappa shape index (κ2) is 3.82. The molecule has 0 spiro atoms. The number of hydrogen-bond acceptors (Lipinski definition) is 1. The van der Waals surface area contributed by atoms with Gasteiger partial charge in [0.25, 0.3) is 6.92 Å². The lowest BCUT2D eigenvalue weighted by molar-refractivity contribution is -0.00175. The molecule has 0 fully saturated rings. The fourth-order valence-corrected chi connectivity index (χ4v) is 0.763. The SMILES string of the molecule is CCB(C)OC(C)(C)C(C)(C)C. The minimum absolute atomic E-state index is 0.0393. The molecule has 0 heterocycles. The average molecular weight is 170 g/mol. The van der Waals surface area contributed by atoms with Crippen molar-refractivity contribution < 1.29 is 4.65 Å². The van der Waals surface area contributed by atoms with Gasteiger partial charge in [-0.05, 0) is 19.3 Å². The lowest BCUT2D eigenvalue weighted by atomic mass is 9.66. The Hall–Kier alpha value is 0.0249. The van der Waals surface area contributed by atoms with Crippen molar-refractivity contribution in [3.63, 3.8) is 0 Å². The molecule has 0 saturated heterocycles. The van der Waals surface area contributed by atoms with Crippen LogP contribution in [0.1, 0.15) is 41.5 Å². The normalized spacial score (nSPS) is 13.2. The minimum atomic E-state index is -0.0393. The quantitative estimate of drug-likeness (QED) is 0.589. The molecule has 72 valence electrons. The van der Waals surface area contributed by atoms with Gasteiger partial charge in [-0.3, -0.25) is 0 Å². The van der Waals surface area contributed by atoms with E-state index in [9.17, 15) is 0 Å². The molecule has 0 aromatic heterocycles. The predicted molar refractivity (Wildman–Crippen MR) is 56.7 cm³/mol. The van der Waals surface area contributed by atoms with E-state index in [1.54, 1.807) is 0 Å². The highest BCUT2D eigenvalue weighted by Crippen LogP contribution is 2.33. The first-order chi connectivity index (χ1) is 5.20. The first-order valence-electron chi connectivity index (χ1n) is 4.88. The summed E-state index contributed by atoms with van der Waals surface area (Å²) in [4.78, 5) is 0. The maximum Gasteiger partial charge on any atom is 0.290 e. The van der Waals surface area contributed by atoms with Gasteiger partial charge in [-0.15, -0.1) is 0 Å². The van der Waals surface area contributed by atoms with E-state index in [0.29, 0.717) is 6.92 Å². The van der Waals surface area contributed by atoms with Crippen LogP contribution in [0.25, 0.3) is 0 Å². The molecule has 0 aromatic carbocycles. The van der Waals surface area contributed by atoms with Gasteiger partial charge in [0.15, 0.2) is 0 Å². The maximum absolute atomic E-state index is 5.95. The lowest BCUT2D eigenvalue weighted by Gasteiger charge is -2.40. The van der Waals surface area contributed by atoms with Crippen molar-refractivity contribution in [2.24, 2.45) is 5.41 Å². The van der Waals surface area contributed by atoms with Gasteiger partial charge in [-0.1, -0.05) is 40.8 Å². The fraction of sp³-hybridized carbons (Fsp3) is 1.00. The molecular formula is C10H23BO. The summed E-state index contributed by atoms with van der Waals surface area (Å²) in [6.45, 7) is 15.6. The Morgan fingerprint density at radius 1 is 1.08 bits per heavy atom. The van der Waals surface area contributed by atoms with Gasteiger partial charge in [-0.2, -0.15) is 0 Å². The third-order valence-corrected chi connectivity index (χ3v) is 2.88. The van der Waals surface area contributed by atoms with Crippen molar-refractivity contribution in [2.75, 3.05) is 0 Å². The molecule has 0 bridgehead atoms. The Labute approximate surface area is 78.0 Å².